The number of rotatable bonds is 7. The quantitative estimate of drug-likeness (QED) is 0.514. The number of aryl methyl sites for hydroxylation is 1. The minimum absolute atomic E-state index is 0.0129. The molecule has 1 aliphatic heterocycles. The van der Waals surface area contributed by atoms with Crippen LogP contribution in [0.3, 0.4) is 0 Å². The predicted octanol–water partition coefficient (Wildman–Crippen LogP) is 5.21. The van der Waals surface area contributed by atoms with Gasteiger partial charge in [-0.3, -0.25) is 4.79 Å². The van der Waals surface area contributed by atoms with Gasteiger partial charge >= 0.3 is 6.03 Å². The van der Waals surface area contributed by atoms with Gasteiger partial charge in [0.25, 0.3) is 0 Å². The largest absolute Gasteiger partial charge is 0.341 e. The lowest BCUT2D eigenvalue weighted by molar-refractivity contribution is -0.134. The molecule has 0 radical (unpaired) electrons. The molecule has 1 atom stereocenters. The van der Waals surface area contributed by atoms with E-state index in [0.717, 1.165) is 43.5 Å². The Bertz CT molecular complexity index is 1060. The molecule has 1 fully saturated rings. The Labute approximate surface area is 202 Å². The Morgan fingerprint density at radius 2 is 1.44 bits per heavy atom. The van der Waals surface area contributed by atoms with Crippen LogP contribution in [0, 0.1) is 12.8 Å². The fourth-order valence-corrected chi connectivity index (χ4v) is 4.54. The van der Waals surface area contributed by atoms with Crippen molar-refractivity contribution in [3.05, 3.63) is 102 Å². The van der Waals surface area contributed by atoms with Crippen molar-refractivity contribution in [3.8, 4) is 0 Å². The number of piperidine rings is 1. The summed E-state index contributed by atoms with van der Waals surface area (Å²) in [4.78, 5) is 28.1. The van der Waals surface area contributed by atoms with Gasteiger partial charge in [0.1, 0.15) is 6.04 Å². The second-order valence-corrected chi connectivity index (χ2v) is 9.17. The Balaban J connectivity index is 1.38. The van der Waals surface area contributed by atoms with E-state index in [1.54, 1.807) is 0 Å². The van der Waals surface area contributed by atoms with Crippen LogP contribution in [-0.2, 0) is 17.6 Å². The number of nitrogens with zero attached hydrogens (tertiary/aromatic N) is 1. The summed E-state index contributed by atoms with van der Waals surface area (Å²) < 4.78 is 0. The number of amides is 3. The number of benzene rings is 3. The van der Waals surface area contributed by atoms with E-state index in [1.165, 1.54) is 5.56 Å². The Morgan fingerprint density at radius 1 is 0.853 bits per heavy atom. The average Bonchev–Trinajstić information content (AvgIpc) is 2.86. The van der Waals surface area contributed by atoms with Gasteiger partial charge in [0.2, 0.25) is 5.91 Å². The summed E-state index contributed by atoms with van der Waals surface area (Å²) in [5, 5.41) is 5.79. The summed E-state index contributed by atoms with van der Waals surface area (Å²) in [6, 6.07) is 27.0. The van der Waals surface area contributed by atoms with E-state index in [0.29, 0.717) is 18.0 Å². The van der Waals surface area contributed by atoms with Gasteiger partial charge < -0.3 is 15.5 Å². The number of carbonyl (C=O) groups excluding carboxylic acids is 2. The first-order valence-electron chi connectivity index (χ1n) is 12.1. The van der Waals surface area contributed by atoms with Crippen molar-refractivity contribution in [3.63, 3.8) is 0 Å². The maximum atomic E-state index is 13.5. The third-order valence-electron chi connectivity index (χ3n) is 6.49. The third kappa shape index (κ3) is 6.70. The monoisotopic (exact) mass is 455 g/mol. The normalized spacial score (nSPS) is 14.9. The molecule has 0 aliphatic carbocycles. The first-order chi connectivity index (χ1) is 16.6. The standard InChI is InChI=1S/C29H33N3O2/c1-22-12-14-26(15-13-22)30-29(34)31-27(21-24-10-6-3-7-11-24)28(33)32-18-16-25(17-19-32)20-23-8-4-2-5-9-23/h2-15,25,27H,16-21H2,1H3,(H2,30,31,34). The number of hydrogen-bond acceptors (Lipinski definition) is 2. The Morgan fingerprint density at radius 3 is 2.06 bits per heavy atom. The SMILES string of the molecule is Cc1ccc(NC(=O)NC(Cc2ccccc2)C(=O)N2CCC(Cc3ccccc3)CC2)cc1. The summed E-state index contributed by atoms with van der Waals surface area (Å²) in [7, 11) is 0. The smallest absolute Gasteiger partial charge is 0.319 e. The maximum Gasteiger partial charge on any atom is 0.319 e. The van der Waals surface area contributed by atoms with Gasteiger partial charge in [-0.05, 0) is 55.4 Å². The molecule has 1 unspecified atom stereocenters. The third-order valence-corrected chi connectivity index (χ3v) is 6.49. The number of likely N-dealkylation sites (tertiary alicyclic amines) is 1. The van der Waals surface area contributed by atoms with Crippen LogP contribution >= 0.6 is 0 Å². The molecule has 5 heteroatoms. The van der Waals surface area contributed by atoms with Crippen molar-refractivity contribution < 1.29 is 9.59 Å². The molecule has 4 rings (SSSR count). The lowest BCUT2D eigenvalue weighted by Gasteiger charge is -2.34. The van der Waals surface area contributed by atoms with Crippen LogP contribution in [0.2, 0.25) is 0 Å². The lowest BCUT2D eigenvalue weighted by Crippen LogP contribution is -2.52. The average molecular weight is 456 g/mol. The number of nitrogens with one attached hydrogen (secondary N) is 2. The van der Waals surface area contributed by atoms with Crippen molar-refractivity contribution in [2.24, 2.45) is 5.92 Å². The topological polar surface area (TPSA) is 61.4 Å². The van der Waals surface area contributed by atoms with E-state index in [2.05, 4.69) is 34.9 Å². The molecule has 1 heterocycles. The van der Waals surface area contributed by atoms with E-state index in [9.17, 15) is 9.59 Å². The summed E-state index contributed by atoms with van der Waals surface area (Å²) in [6.07, 6.45) is 3.47. The first-order valence-corrected chi connectivity index (χ1v) is 12.1. The molecule has 3 aromatic carbocycles. The highest BCUT2D eigenvalue weighted by Gasteiger charge is 2.29. The fraction of sp³-hybridized carbons (Fsp3) is 0.310. The molecule has 5 nitrogen and oxygen atoms in total. The molecule has 0 spiro atoms. The Hall–Kier alpha value is -3.60. The molecule has 0 aromatic heterocycles. The van der Waals surface area contributed by atoms with E-state index < -0.39 is 6.04 Å². The van der Waals surface area contributed by atoms with Gasteiger partial charge in [0.15, 0.2) is 0 Å². The molecule has 0 saturated carbocycles. The van der Waals surface area contributed by atoms with Gasteiger partial charge in [-0.25, -0.2) is 4.79 Å². The zero-order chi connectivity index (χ0) is 23.8. The highest BCUT2D eigenvalue weighted by atomic mass is 16.2. The molecule has 1 saturated heterocycles. The molecular formula is C29H33N3O2. The van der Waals surface area contributed by atoms with Crippen LogP contribution in [0.4, 0.5) is 10.5 Å². The second-order valence-electron chi connectivity index (χ2n) is 9.17. The van der Waals surface area contributed by atoms with Crippen molar-refractivity contribution in [2.75, 3.05) is 18.4 Å². The minimum atomic E-state index is -0.612. The highest BCUT2D eigenvalue weighted by molar-refractivity contribution is 5.93. The van der Waals surface area contributed by atoms with Crippen LogP contribution < -0.4 is 10.6 Å². The highest BCUT2D eigenvalue weighted by Crippen LogP contribution is 2.22. The van der Waals surface area contributed by atoms with Gasteiger partial charge in [-0.2, -0.15) is 0 Å². The second kappa shape index (κ2) is 11.5. The fourth-order valence-electron chi connectivity index (χ4n) is 4.54. The molecular weight excluding hydrogens is 422 g/mol. The molecule has 3 amide bonds. The summed E-state index contributed by atoms with van der Waals surface area (Å²) >= 11 is 0. The van der Waals surface area contributed by atoms with Crippen LogP contribution in [0.15, 0.2) is 84.9 Å². The van der Waals surface area contributed by atoms with E-state index >= 15 is 0 Å². The van der Waals surface area contributed by atoms with Gasteiger partial charge in [-0.15, -0.1) is 0 Å². The van der Waals surface area contributed by atoms with Crippen molar-refractivity contribution in [1.29, 1.82) is 0 Å². The molecule has 176 valence electrons. The van der Waals surface area contributed by atoms with Crippen molar-refractivity contribution in [2.45, 2.75) is 38.6 Å². The van der Waals surface area contributed by atoms with Crippen molar-refractivity contribution >= 4 is 17.6 Å². The number of anilines is 1. The van der Waals surface area contributed by atoms with Crippen LogP contribution in [0.5, 0.6) is 0 Å². The van der Waals surface area contributed by atoms with E-state index in [4.69, 9.17) is 0 Å². The van der Waals surface area contributed by atoms with E-state index in [1.807, 2.05) is 72.5 Å². The summed E-state index contributed by atoms with van der Waals surface area (Å²) in [5.74, 6) is 0.567. The number of hydrogen-bond donors (Lipinski definition) is 2. The number of carbonyl (C=O) groups is 2. The predicted molar refractivity (Wildman–Crippen MR) is 137 cm³/mol. The molecule has 0 bridgehead atoms. The zero-order valence-corrected chi connectivity index (χ0v) is 19.7. The minimum Gasteiger partial charge on any atom is -0.341 e. The maximum absolute atomic E-state index is 13.5. The van der Waals surface area contributed by atoms with Gasteiger partial charge in [0.05, 0.1) is 0 Å². The van der Waals surface area contributed by atoms with Crippen LogP contribution in [0.1, 0.15) is 29.5 Å². The summed E-state index contributed by atoms with van der Waals surface area (Å²) in [6.45, 7) is 3.45. The van der Waals surface area contributed by atoms with Crippen LogP contribution in [-0.4, -0.2) is 36.0 Å². The van der Waals surface area contributed by atoms with Crippen LogP contribution in [0.25, 0.3) is 0 Å². The molecule has 1 aliphatic rings. The zero-order valence-electron chi connectivity index (χ0n) is 19.7. The molecule has 34 heavy (non-hydrogen) atoms. The van der Waals surface area contributed by atoms with Crippen molar-refractivity contribution in [1.82, 2.24) is 10.2 Å². The summed E-state index contributed by atoms with van der Waals surface area (Å²) in [5.41, 5.74) is 4.20. The lowest BCUT2D eigenvalue weighted by atomic mass is 9.90. The Kier molecular flexibility index (Phi) is 7.97. The van der Waals surface area contributed by atoms with Gasteiger partial charge in [-0.1, -0.05) is 78.4 Å². The van der Waals surface area contributed by atoms with E-state index in [-0.39, 0.29) is 11.9 Å². The number of urea groups is 1. The van der Waals surface area contributed by atoms with Gasteiger partial charge in [0, 0.05) is 25.2 Å². The molecule has 2 N–H and O–H groups in total. The first kappa shape index (κ1) is 23.6. The molecule has 3 aromatic rings.